The van der Waals surface area contributed by atoms with Gasteiger partial charge in [0, 0.05) is 32.5 Å². The molecule has 0 aromatic heterocycles. The minimum Gasteiger partial charge on any atom is -0.481 e. The Morgan fingerprint density at radius 1 is 1.09 bits per heavy atom. The summed E-state index contributed by atoms with van der Waals surface area (Å²) >= 11 is 0. The molecule has 2 rings (SSSR count). The Labute approximate surface area is 131 Å². The fourth-order valence-electron chi connectivity index (χ4n) is 2.84. The van der Waals surface area contributed by atoms with Gasteiger partial charge >= 0.3 is 5.97 Å². The highest BCUT2D eigenvalue weighted by Gasteiger charge is 2.29. The first-order valence-electron chi connectivity index (χ1n) is 8.33. The molecule has 1 heterocycles. The molecule has 0 aromatic rings. The van der Waals surface area contributed by atoms with Gasteiger partial charge in [-0.15, -0.1) is 0 Å². The average molecular weight is 310 g/mol. The van der Waals surface area contributed by atoms with Gasteiger partial charge in [-0.3, -0.25) is 14.4 Å². The van der Waals surface area contributed by atoms with Crippen LogP contribution >= 0.6 is 0 Å². The van der Waals surface area contributed by atoms with E-state index in [2.05, 4.69) is 5.32 Å². The lowest BCUT2D eigenvalue weighted by Crippen LogP contribution is -2.45. The molecule has 1 aliphatic heterocycles. The Morgan fingerprint density at radius 2 is 1.82 bits per heavy atom. The zero-order valence-corrected chi connectivity index (χ0v) is 13.1. The molecule has 0 spiro atoms. The molecule has 2 amide bonds. The van der Waals surface area contributed by atoms with E-state index in [4.69, 9.17) is 5.11 Å². The maximum Gasteiger partial charge on any atom is 0.303 e. The number of nitrogens with zero attached hydrogens (tertiary/aromatic N) is 1. The Hall–Kier alpha value is -1.59. The number of carbonyl (C=O) groups excluding carboxylic acids is 2. The minimum atomic E-state index is -0.821. The van der Waals surface area contributed by atoms with Gasteiger partial charge in [0.1, 0.15) is 0 Å². The summed E-state index contributed by atoms with van der Waals surface area (Å²) in [5.41, 5.74) is 0. The van der Waals surface area contributed by atoms with Crippen LogP contribution in [-0.2, 0) is 14.4 Å². The van der Waals surface area contributed by atoms with Gasteiger partial charge in [0.25, 0.3) is 0 Å². The molecule has 1 saturated heterocycles. The van der Waals surface area contributed by atoms with E-state index in [9.17, 15) is 14.4 Å². The molecule has 1 aliphatic carbocycles. The molecule has 0 bridgehead atoms. The van der Waals surface area contributed by atoms with E-state index in [-0.39, 0.29) is 24.2 Å². The number of piperidine rings is 1. The Bertz CT molecular complexity index is 420. The summed E-state index contributed by atoms with van der Waals surface area (Å²) in [5, 5.41) is 11.6. The Morgan fingerprint density at radius 3 is 2.50 bits per heavy atom. The second-order valence-electron chi connectivity index (χ2n) is 6.47. The molecule has 2 N–H and O–H groups in total. The van der Waals surface area contributed by atoms with E-state index in [0.717, 1.165) is 19.4 Å². The summed E-state index contributed by atoms with van der Waals surface area (Å²) in [6.45, 7) is 2.00. The molecule has 0 aromatic carbocycles. The number of nitrogens with one attached hydrogen (secondary N) is 1. The van der Waals surface area contributed by atoms with Crippen LogP contribution in [0.5, 0.6) is 0 Å². The molecular weight excluding hydrogens is 284 g/mol. The second kappa shape index (κ2) is 8.15. The minimum absolute atomic E-state index is 0.0464. The van der Waals surface area contributed by atoms with Crippen molar-refractivity contribution in [2.24, 2.45) is 11.8 Å². The monoisotopic (exact) mass is 310 g/mol. The first kappa shape index (κ1) is 16.8. The van der Waals surface area contributed by atoms with Crippen LogP contribution in [0, 0.1) is 11.8 Å². The van der Waals surface area contributed by atoms with Gasteiger partial charge in [-0.05, 0) is 44.4 Å². The lowest BCUT2D eigenvalue weighted by atomic mass is 9.96. The van der Waals surface area contributed by atoms with Crippen LogP contribution in [0.2, 0.25) is 0 Å². The maximum absolute atomic E-state index is 12.1. The molecule has 22 heavy (non-hydrogen) atoms. The van der Waals surface area contributed by atoms with Gasteiger partial charge in [0.05, 0.1) is 5.92 Å². The topological polar surface area (TPSA) is 86.7 Å². The van der Waals surface area contributed by atoms with Crippen LogP contribution in [0.1, 0.15) is 51.4 Å². The van der Waals surface area contributed by atoms with E-state index in [1.165, 1.54) is 12.8 Å². The van der Waals surface area contributed by atoms with Gasteiger partial charge in [-0.25, -0.2) is 0 Å². The highest BCUT2D eigenvalue weighted by molar-refractivity contribution is 5.81. The number of amides is 2. The van der Waals surface area contributed by atoms with Crippen molar-refractivity contribution in [2.45, 2.75) is 51.4 Å². The zero-order valence-electron chi connectivity index (χ0n) is 13.1. The predicted molar refractivity (Wildman–Crippen MR) is 81.1 cm³/mol. The molecule has 2 aliphatic rings. The standard InChI is InChI=1S/C16H26N2O4/c19-14(5-1-2-6-15(20)21)18-9-3-4-13(11-18)16(22)17-10-12-7-8-12/h12-13H,1-11H2,(H,17,22)(H,20,21). The van der Waals surface area contributed by atoms with Crippen LogP contribution in [0.25, 0.3) is 0 Å². The molecule has 2 fully saturated rings. The van der Waals surface area contributed by atoms with Gasteiger partial charge in [0.2, 0.25) is 11.8 Å². The highest BCUT2D eigenvalue weighted by Crippen LogP contribution is 2.28. The van der Waals surface area contributed by atoms with Gasteiger partial charge < -0.3 is 15.3 Å². The molecule has 124 valence electrons. The number of carboxylic acids is 1. The third-order valence-electron chi connectivity index (χ3n) is 4.44. The van der Waals surface area contributed by atoms with E-state index < -0.39 is 5.97 Å². The first-order valence-corrected chi connectivity index (χ1v) is 8.33. The number of carboxylic acid groups (broad SMARTS) is 1. The van der Waals surface area contributed by atoms with Crippen molar-refractivity contribution in [3.8, 4) is 0 Å². The number of carbonyl (C=O) groups is 3. The predicted octanol–water partition coefficient (Wildman–Crippen LogP) is 1.40. The number of hydrogen-bond acceptors (Lipinski definition) is 3. The molecule has 6 nitrogen and oxygen atoms in total. The van der Waals surface area contributed by atoms with Crippen molar-refractivity contribution in [3.63, 3.8) is 0 Å². The van der Waals surface area contributed by atoms with Crippen LogP contribution < -0.4 is 5.32 Å². The van der Waals surface area contributed by atoms with Crippen molar-refractivity contribution < 1.29 is 19.5 Å². The lowest BCUT2D eigenvalue weighted by molar-refractivity contribution is -0.138. The summed E-state index contributed by atoms with van der Waals surface area (Å²) in [5.74, 6) is -0.117. The number of unbranched alkanes of at least 4 members (excludes halogenated alkanes) is 1. The van der Waals surface area contributed by atoms with Crippen LogP contribution in [0.3, 0.4) is 0 Å². The molecule has 1 atom stereocenters. The third kappa shape index (κ3) is 5.66. The summed E-state index contributed by atoms with van der Waals surface area (Å²) in [6.07, 6.45) is 5.75. The number of aliphatic carboxylic acids is 1. The molecule has 6 heteroatoms. The molecule has 1 unspecified atom stereocenters. The quantitative estimate of drug-likeness (QED) is 0.663. The largest absolute Gasteiger partial charge is 0.481 e. The van der Waals surface area contributed by atoms with Gasteiger partial charge in [-0.2, -0.15) is 0 Å². The second-order valence-corrected chi connectivity index (χ2v) is 6.47. The van der Waals surface area contributed by atoms with Crippen molar-refractivity contribution in [3.05, 3.63) is 0 Å². The summed E-state index contributed by atoms with van der Waals surface area (Å²) in [6, 6.07) is 0. The SMILES string of the molecule is O=C(O)CCCCC(=O)N1CCCC(C(=O)NCC2CC2)C1. The Kier molecular flexibility index (Phi) is 6.21. The lowest BCUT2D eigenvalue weighted by Gasteiger charge is -2.32. The van der Waals surface area contributed by atoms with E-state index in [1.807, 2.05) is 0 Å². The molecule has 0 radical (unpaired) electrons. The third-order valence-corrected chi connectivity index (χ3v) is 4.44. The van der Waals surface area contributed by atoms with Crippen molar-refractivity contribution >= 4 is 17.8 Å². The smallest absolute Gasteiger partial charge is 0.303 e. The zero-order chi connectivity index (χ0) is 15.9. The first-order chi connectivity index (χ1) is 10.6. The summed E-state index contributed by atoms with van der Waals surface area (Å²) in [4.78, 5) is 36.5. The number of hydrogen-bond donors (Lipinski definition) is 2. The summed E-state index contributed by atoms with van der Waals surface area (Å²) in [7, 11) is 0. The van der Waals surface area contributed by atoms with Gasteiger partial charge in [-0.1, -0.05) is 0 Å². The fraction of sp³-hybridized carbons (Fsp3) is 0.812. The molecular formula is C16H26N2O4. The van der Waals surface area contributed by atoms with Crippen LogP contribution in [0.15, 0.2) is 0 Å². The maximum atomic E-state index is 12.1. The van der Waals surface area contributed by atoms with Crippen molar-refractivity contribution in [1.29, 1.82) is 0 Å². The van der Waals surface area contributed by atoms with Crippen LogP contribution in [-0.4, -0.2) is 47.4 Å². The highest BCUT2D eigenvalue weighted by atomic mass is 16.4. The van der Waals surface area contributed by atoms with E-state index in [1.54, 1.807) is 4.90 Å². The number of likely N-dealkylation sites (tertiary alicyclic amines) is 1. The van der Waals surface area contributed by atoms with E-state index >= 15 is 0 Å². The fourth-order valence-corrected chi connectivity index (χ4v) is 2.84. The molecule has 1 saturated carbocycles. The summed E-state index contributed by atoms with van der Waals surface area (Å²) < 4.78 is 0. The normalized spacial score (nSPS) is 21.5. The average Bonchev–Trinajstić information content (AvgIpc) is 3.33. The van der Waals surface area contributed by atoms with Crippen molar-refractivity contribution in [1.82, 2.24) is 10.2 Å². The van der Waals surface area contributed by atoms with Gasteiger partial charge in [0.15, 0.2) is 0 Å². The number of rotatable bonds is 8. The van der Waals surface area contributed by atoms with E-state index in [0.29, 0.717) is 38.3 Å². The van der Waals surface area contributed by atoms with Crippen LogP contribution in [0.4, 0.5) is 0 Å². The Balaban J connectivity index is 1.68. The van der Waals surface area contributed by atoms with Crippen molar-refractivity contribution in [2.75, 3.05) is 19.6 Å².